The van der Waals surface area contributed by atoms with Gasteiger partial charge < -0.3 is 0 Å². The summed E-state index contributed by atoms with van der Waals surface area (Å²) in [6, 6.07) is 9.53. The lowest BCUT2D eigenvalue weighted by Gasteiger charge is -2.12. The second-order valence-electron chi connectivity index (χ2n) is 7.20. The third-order valence-corrected chi connectivity index (χ3v) is 5.94. The van der Waals surface area contributed by atoms with Gasteiger partial charge in [0.05, 0.1) is 0 Å². The van der Waals surface area contributed by atoms with Crippen LogP contribution in [0.1, 0.15) is 76.3 Å². The second-order valence-corrected chi connectivity index (χ2v) is 8.59. The van der Waals surface area contributed by atoms with Crippen LogP contribution in [-0.4, -0.2) is 13.0 Å². The molecule has 0 saturated carbocycles. The van der Waals surface area contributed by atoms with Crippen molar-refractivity contribution in [2.45, 2.75) is 83.0 Å². The van der Waals surface area contributed by atoms with Crippen LogP contribution in [-0.2, 0) is 23.0 Å². The van der Waals surface area contributed by atoms with Crippen LogP contribution in [0.15, 0.2) is 35.2 Å². The van der Waals surface area contributed by atoms with Gasteiger partial charge in [-0.25, -0.2) is 0 Å². The van der Waals surface area contributed by atoms with Crippen molar-refractivity contribution in [3.63, 3.8) is 0 Å². The van der Waals surface area contributed by atoms with Crippen molar-refractivity contribution in [3.8, 4) is 0 Å². The molecule has 3 nitrogen and oxygen atoms in total. The van der Waals surface area contributed by atoms with Crippen molar-refractivity contribution in [2.24, 2.45) is 0 Å². The van der Waals surface area contributed by atoms with Crippen molar-refractivity contribution in [3.05, 3.63) is 41.5 Å². The Balaban J connectivity index is 2.32. The standard InChI is InChI=1S/C22H32O3S/c1-3-5-7-9-11-18-13-15-20-19(12-10-8-6-4-2)14-16-22(21(20)17-18)26(23,24)25/h13-17H,3-12H2,1-2H3,(H,23,24,25). The molecule has 0 fully saturated rings. The molecule has 0 aliphatic rings. The van der Waals surface area contributed by atoms with E-state index in [4.69, 9.17) is 0 Å². The van der Waals surface area contributed by atoms with Crippen LogP contribution in [0.2, 0.25) is 0 Å². The summed E-state index contributed by atoms with van der Waals surface area (Å²) in [7, 11) is -4.22. The summed E-state index contributed by atoms with van der Waals surface area (Å²) < 4.78 is 33.3. The Kier molecular flexibility index (Phi) is 8.11. The lowest BCUT2D eigenvalue weighted by Crippen LogP contribution is -2.01. The maximum atomic E-state index is 11.8. The predicted molar refractivity (Wildman–Crippen MR) is 109 cm³/mol. The molecule has 0 spiro atoms. The van der Waals surface area contributed by atoms with Crippen LogP contribution >= 0.6 is 0 Å². The summed E-state index contributed by atoms with van der Waals surface area (Å²) in [6.07, 6.45) is 11.3. The van der Waals surface area contributed by atoms with Crippen LogP contribution in [0, 0.1) is 0 Å². The first-order valence-electron chi connectivity index (χ1n) is 9.99. The molecule has 0 aliphatic carbocycles. The molecule has 0 unspecified atom stereocenters. The van der Waals surface area contributed by atoms with Crippen molar-refractivity contribution in [1.29, 1.82) is 0 Å². The molecule has 0 radical (unpaired) electrons. The largest absolute Gasteiger partial charge is 0.295 e. The van der Waals surface area contributed by atoms with Gasteiger partial charge in [0.2, 0.25) is 0 Å². The minimum atomic E-state index is -4.22. The van der Waals surface area contributed by atoms with Gasteiger partial charge in [0.15, 0.2) is 0 Å². The highest BCUT2D eigenvalue weighted by molar-refractivity contribution is 7.86. The molecule has 0 aromatic heterocycles. The van der Waals surface area contributed by atoms with Gasteiger partial charge in [0.1, 0.15) is 4.90 Å². The highest BCUT2D eigenvalue weighted by Crippen LogP contribution is 2.29. The highest BCUT2D eigenvalue weighted by atomic mass is 32.2. The maximum Gasteiger partial charge on any atom is 0.295 e. The molecule has 0 aliphatic heterocycles. The quantitative estimate of drug-likeness (QED) is 0.368. The van der Waals surface area contributed by atoms with Crippen LogP contribution in [0.3, 0.4) is 0 Å². The lowest BCUT2D eigenvalue weighted by molar-refractivity contribution is 0.484. The smallest absolute Gasteiger partial charge is 0.282 e. The molecule has 2 rings (SSSR count). The van der Waals surface area contributed by atoms with E-state index in [1.165, 1.54) is 44.1 Å². The van der Waals surface area contributed by atoms with Crippen molar-refractivity contribution in [2.75, 3.05) is 0 Å². The molecular formula is C22H32O3S. The third-order valence-electron chi connectivity index (χ3n) is 5.03. The number of unbranched alkanes of at least 4 members (excludes halogenated alkanes) is 6. The van der Waals surface area contributed by atoms with Crippen molar-refractivity contribution < 1.29 is 13.0 Å². The average Bonchev–Trinajstić information content (AvgIpc) is 2.61. The minimum absolute atomic E-state index is 0.0280. The van der Waals surface area contributed by atoms with E-state index in [0.29, 0.717) is 5.39 Å². The number of hydrogen-bond acceptors (Lipinski definition) is 2. The monoisotopic (exact) mass is 376 g/mol. The molecule has 0 bridgehead atoms. The zero-order valence-electron chi connectivity index (χ0n) is 16.1. The molecule has 2 aromatic carbocycles. The number of benzene rings is 2. The Morgan fingerprint density at radius 1 is 0.769 bits per heavy atom. The summed E-state index contributed by atoms with van der Waals surface area (Å²) >= 11 is 0. The maximum absolute atomic E-state index is 11.8. The van der Waals surface area contributed by atoms with Gasteiger partial charge in [-0.05, 0) is 54.3 Å². The normalized spacial score (nSPS) is 12.0. The SMILES string of the molecule is CCCCCCc1ccc2c(CCCCCC)ccc(S(=O)(=O)O)c2c1. The second kappa shape index (κ2) is 10.1. The molecule has 0 atom stereocenters. The summed E-state index contributed by atoms with van der Waals surface area (Å²) in [5.74, 6) is 0. The van der Waals surface area contributed by atoms with E-state index in [0.717, 1.165) is 36.6 Å². The fraction of sp³-hybridized carbons (Fsp3) is 0.545. The molecule has 0 saturated heterocycles. The minimum Gasteiger partial charge on any atom is -0.282 e. The molecule has 4 heteroatoms. The van der Waals surface area contributed by atoms with E-state index in [-0.39, 0.29) is 4.90 Å². The number of aryl methyl sites for hydroxylation is 2. The summed E-state index contributed by atoms with van der Waals surface area (Å²) in [6.45, 7) is 4.38. The van der Waals surface area contributed by atoms with E-state index in [2.05, 4.69) is 19.9 Å². The fourth-order valence-corrected chi connectivity index (χ4v) is 4.21. The molecule has 144 valence electrons. The zero-order chi connectivity index (χ0) is 19.0. The van der Waals surface area contributed by atoms with Gasteiger partial charge in [-0.1, -0.05) is 70.6 Å². The number of hydrogen-bond donors (Lipinski definition) is 1. The van der Waals surface area contributed by atoms with E-state index in [1.807, 2.05) is 18.2 Å². The predicted octanol–water partition coefficient (Wildman–Crippen LogP) is 6.33. The van der Waals surface area contributed by atoms with Crippen LogP contribution in [0.4, 0.5) is 0 Å². The third kappa shape index (κ3) is 5.82. The van der Waals surface area contributed by atoms with Crippen LogP contribution < -0.4 is 0 Å². The molecule has 0 amide bonds. The molecule has 2 aromatic rings. The Labute approximate surface area is 158 Å². The van der Waals surface area contributed by atoms with Gasteiger partial charge in [-0.3, -0.25) is 4.55 Å². The van der Waals surface area contributed by atoms with E-state index >= 15 is 0 Å². The Bertz CT molecular complexity index is 809. The van der Waals surface area contributed by atoms with Crippen molar-refractivity contribution >= 4 is 20.9 Å². The zero-order valence-corrected chi connectivity index (χ0v) is 16.9. The van der Waals surface area contributed by atoms with E-state index in [1.54, 1.807) is 6.07 Å². The summed E-state index contributed by atoms with van der Waals surface area (Å²) in [5.41, 5.74) is 2.31. The molecule has 1 N–H and O–H groups in total. The Hall–Kier alpha value is -1.39. The van der Waals surface area contributed by atoms with E-state index in [9.17, 15) is 13.0 Å². The molecule has 0 heterocycles. The highest BCUT2D eigenvalue weighted by Gasteiger charge is 2.16. The number of rotatable bonds is 11. The topological polar surface area (TPSA) is 54.4 Å². The fourth-order valence-electron chi connectivity index (χ4n) is 3.53. The van der Waals surface area contributed by atoms with Gasteiger partial charge in [0.25, 0.3) is 10.1 Å². The van der Waals surface area contributed by atoms with Gasteiger partial charge in [0, 0.05) is 5.39 Å². The first-order chi connectivity index (χ1) is 12.5. The van der Waals surface area contributed by atoms with Gasteiger partial charge in [-0.2, -0.15) is 8.42 Å². The lowest BCUT2D eigenvalue weighted by atomic mass is 9.96. The van der Waals surface area contributed by atoms with Gasteiger partial charge >= 0.3 is 0 Å². The van der Waals surface area contributed by atoms with Gasteiger partial charge in [-0.15, -0.1) is 0 Å². The average molecular weight is 377 g/mol. The number of fused-ring (bicyclic) bond motifs is 1. The first kappa shape index (κ1) is 20.9. The Morgan fingerprint density at radius 3 is 2.04 bits per heavy atom. The molecule has 26 heavy (non-hydrogen) atoms. The van der Waals surface area contributed by atoms with E-state index < -0.39 is 10.1 Å². The summed E-state index contributed by atoms with van der Waals surface area (Å²) in [4.78, 5) is 0.0280. The van der Waals surface area contributed by atoms with Crippen LogP contribution in [0.5, 0.6) is 0 Å². The summed E-state index contributed by atoms with van der Waals surface area (Å²) in [5, 5.41) is 1.61. The Morgan fingerprint density at radius 2 is 1.42 bits per heavy atom. The van der Waals surface area contributed by atoms with Crippen molar-refractivity contribution in [1.82, 2.24) is 0 Å². The molecular weight excluding hydrogens is 344 g/mol. The first-order valence-corrected chi connectivity index (χ1v) is 11.4. The van der Waals surface area contributed by atoms with Crippen LogP contribution in [0.25, 0.3) is 10.8 Å².